The zero-order valence-corrected chi connectivity index (χ0v) is 14.9. The van der Waals surface area contributed by atoms with Crippen molar-refractivity contribution in [1.82, 2.24) is 14.9 Å². The molecule has 3 rings (SSSR count). The third-order valence-electron chi connectivity index (χ3n) is 4.10. The lowest BCUT2D eigenvalue weighted by Crippen LogP contribution is -2.25. The number of ether oxygens (including phenoxy) is 1. The lowest BCUT2D eigenvalue weighted by atomic mass is 10.1. The van der Waals surface area contributed by atoms with E-state index in [1.807, 2.05) is 18.2 Å². The Bertz CT molecular complexity index is 879. The van der Waals surface area contributed by atoms with E-state index in [4.69, 9.17) is 4.74 Å². The second-order valence-corrected chi connectivity index (χ2v) is 6.27. The molecule has 130 valence electrons. The standard InChI is InChI=1S/C20H23N3O2/c1-14-9-15(2)11-17(10-14)23-13-22-18-12-16(5-6-19(18)23)20(24)21-7-4-8-25-3/h5-6,9-13H,4,7-8H2,1-3H3,(H,21,24). The number of hydrogen-bond acceptors (Lipinski definition) is 3. The van der Waals surface area contributed by atoms with Crippen LogP contribution in [0.25, 0.3) is 16.7 Å². The van der Waals surface area contributed by atoms with Crippen LogP contribution < -0.4 is 5.32 Å². The van der Waals surface area contributed by atoms with Gasteiger partial charge in [-0.05, 0) is 61.7 Å². The van der Waals surface area contributed by atoms with Crippen molar-refractivity contribution >= 4 is 16.9 Å². The summed E-state index contributed by atoms with van der Waals surface area (Å²) in [4.78, 5) is 16.7. The van der Waals surface area contributed by atoms with Crippen LogP contribution in [0.2, 0.25) is 0 Å². The first-order valence-corrected chi connectivity index (χ1v) is 8.41. The number of fused-ring (bicyclic) bond motifs is 1. The van der Waals surface area contributed by atoms with Crippen LogP contribution in [0.15, 0.2) is 42.7 Å². The topological polar surface area (TPSA) is 56.1 Å². The summed E-state index contributed by atoms with van der Waals surface area (Å²) in [5, 5.41) is 2.90. The van der Waals surface area contributed by atoms with Gasteiger partial charge in [0.05, 0.1) is 11.0 Å². The molecule has 1 heterocycles. The van der Waals surface area contributed by atoms with Gasteiger partial charge < -0.3 is 10.1 Å². The molecule has 1 N–H and O–H groups in total. The highest BCUT2D eigenvalue weighted by molar-refractivity contribution is 5.97. The number of nitrogens with zero attached hydrogens (tertiary/aromatic N) is 2. The number of benzene rings is 2. The van der Waals surface area contributed by atoms with Crippen molar-refractivity contribution in [2.45, 2.75) is 20.3 Å². The van der Waals surface area contributed by atoms with Gasteiger partial charge in [-0.1, -0.05) is 6.07 Å². The first-order valence-electron chi connectivity index (χ1n) is 8.41. The zero-order chi connectivity index (χ0) is 17.8. The molecule has 0 atom stereocenters. The summed E-state index contributed by atoms with van der Waals surface area (Å²) in [6.07, 6.45) is 2.60. The van der Waals surface area contributed by atoms with Gasteiger partial charge in [0.1, 0.15) is 6.33 Å². The second kappa shape index (κ2) is 7.49. The Morgan fingerprint density at radius 3 is 2.64 bits per heavy atom. The minimum Gasteiger partial charge on any atom is -0.385 e. The van der Waals surface area contributed by atoms with Crippen molar-refractivity contribution in [3.05, 3.63) is 59.4 Å². The Morgan fingerprint density at radius 1 is 1.16 bits per heavy atom. The molecular formula is C20H23N3O2. The van der Waals surface area contributed by atoms with Crippen LogP contribution in [0.4, 0.5) is 0 Å². The molecule has 0 aliphatic heterocycles. The van der Waals surface area contributed by atoms with Crippen LogP contribution in [0.1, 0.15) is 27.9 Å². The van der Waals surface area contributed by atoms with Crippen LogP contribution >= 0.6 is 0 Å². The van der Waals surface area contributed by atoms with Crippen LogP contribution in [-0.4, -0.2) is 35.7 Å². The summed E-state index contributed by atoms with van der Waals surface area (Å²) in [6, 6.07) is 12.0. The van der Waals surface area contributed by atoms with Gasteiger partial charge in [0.2, 0.25) is 0 Å². The maximum Gasteiger partial charge on any atom is 0.251 e. The highest BCUT2D eigenvalue weighted by atomic mass is 16.5. The van der Waals surface area contributed by atoms with Gasteiger partial charge in [-0.3, -0.25) is 9.36 Å². The molecule has 0 bridgehead atoms. The van der Waals surface area contributed by atoms with Gasteiger partial charge in [-0.15, -0.1) is 0 Å². The summed E-state index contributed by atoms with van der Waals surface area (Å²) in [5.41, 5.74) is 5.92. The van der Waals surface area contributed by atoms with Gasteiger partial charge in [-0.25, -0.2) is 4.98 Å². The third kappa shape index (κ3) is 3.88. The Hall–Kier alpha value is -2.66. The number of nitrogens with one attached hydrogen (secondary N) is 1. The summed E-state index contributed by atoms with van der Waals surface area (Å²) in [5.74, 6) is -0.0843. The van der Waals surface area contributed by atoms with E-state index in [1.54, 1.807) is 13.4 Å². The number of rotatable bonds is 6. The van der Waals surface area contributed by atoms with Crippen molar-refractivity contribution in [2.75, 3.05) is 20.3 Å². The van der Waals surface area contributed by atoms with E-state index in [0.717, 1.165) is 23.1 Å². The lowest BCUT2D eigenvalue weighted by molar-refractivity contribution is 0.0948. The molecule has 0 aliphatic rings. The molecule has 0 saturated carbocycles. The minimum atomic E-state index is -0.0843. The molecule has 1 aromatic heterocycles. The van der Waals surface area contributed by atoms with Gasteiger partial charge in [0.25, 0.3) is 5.91 Å². The smallest absolute Gasteiger partial charge is 0.251 e. The molecule has 0 radical (unpaired) electrons. The second-order valence-electron chi connectivity index (χ2n) is 6.27. The van der Waals surface area contributed by atoms with Crippen LogP contribution in [0, 0.1) is 13.8 Å². The largest absolute Gasteiger partial charge is 0.385 e. The number of imidazole rings is 1. The molecule has 3 aromatic rings. The maximum absolute atomic E-state index is 12.2. The molecule has 0 saturated heterocycles. The lowest BCUT2D eigenvalue weighted by Gasteiger charge is -2.08. The van der Waals surface area contributed by atoms with Crippen molar-refractivity contribution in [1.29, 1.82) is 0 Å². The summed E-state index contributed by atoms with van der Waals surface area (Å²) in [7, 11) is 1.65. The molecule has 5 nitrogen and oxygen atoms in total. The maximum atomic E-state index is 12.2. The van der Waals surface area contributed by atoms with Crippen LogP contribution in [0.5, 0.6) is 0 Å². The number of methoxy groups -OCH3 is 1. The fraction of sp³-hybridized carbons (Fsp3) is 0.300. The highest BCUT2D eigenvalue weighted by Gasteiger charge is 2.10. The predicted octanol–water partition coefficient (Wildman–Crippen LogP) is 3.41. The zero-order valence-electron chi connectivity index (χ0n) is 14.9. The van der Waals surface area contributed by atoms with Crippen molar-refractivity contribution < 1.29 is 9.53 Å². The van der Waals surface area contributed by atoms with E-state index < -0.39 is 0 Å². The molecule has 1 amide bonds. The van der Waals surface area contributed by atoms with Crippen molar-refractivity contribution in [2.24, 2.45) is 0 Å². The predicted molar refractivity (Wildman–Crippen MR) is 99.4 cm³/mol. The molecule has 0 fully saturated rings. The number of carbonyl (C=O) groups excluding carboxylic acids is 1. The van der Waals surface area contributed by atoms with E-state index in [9.17, 15) is 4.79 Å². The molecule has 0 unspecified atom stereocenters. The van der Waals surface area contributed by atoms with Crippen molar-refractivity contribution in [3.63, 3.8) is 0 Å². The molecule has 0 aliphatic carbocycles. The Morgan fingerprint density at radius 2 is 1.92 bits per heavy atom. The van der Waals surface area contributed by atoms with E-state index in [-0.39, 0.29) is 5.91 Å². The molecule has 2 aromatic carbocycles. The summed E-state index contributed by atoms with van der Waals surface area (Å²) in [6.45, 7) is 5.41. The van der Waals surface area contributed by atoms with E-state index in [1.165, 1.54) is 11.1 Å². The average Bonchev–Trinajstić information content (AvgIpc) is 3.01. The number of hydrogen-bond donors (Lipinski definition) is 1. The first-order chi connectivity index (χ1) is 12.1. The molecular weight excluding hydrogens is 314 g/mol. The minimum absolute atomic E-state index is 0.0843. The number of carbonyl (C=O) groups is 1. The van der Waals surface area contributed by atoms with E-state index in [0.29, 0.717) is 18.7 Å². The SMILES string of the molecule is COCCCNC(=O)c1ccc2c(c1)ncn2-c1cc(C)cc(C)c1. The molecule has 25 heavy (non-hydrogen) atoms. The summed E-state index contributed by atoms with van der Waals surface area (Å²) < 4.78 is 7.04. The number of aryl methyl sites for hydroxylation is 2. The average molecular weight is 337 g/mol. The van der Waals surface area contributed by atoms with Gasteiger partial charge >= 0.3 is 0 Å². The molecule has 0 spiro atoms. The van der Waals surface area contributed by atoms with E-state index >= 15 is 0 Å². The van der Waals surface area contributed by atoms with Gasteiger partial charge in [-0.2, -0.15) is 0 Å². The molecule has 5 heteroatoms. The monoisotopic (exact) mass is 337 g/mol. The highest BCUT2D eigenvalue weighted by Crippen LogP contribution is 2.21. The Balaban J connectivity index is 1.85. The fourth-order valence-corrected chi connectivity index (χ4v) is 2.97. The number of amides is 1. The van der Waals surface area contributed by atoms with E-state index in [2.05, 4.69) is 46.9 Å². The quantitative estimate of drug-likeness (QED) is 0.701. The Labute approximate surface area is 147 Å². The van der Waals surface area contributed by atoms with Gasteiger partial charge in [0.15, 0.2) is 0 Å². The van der Waals surface area contributed by atoms with Gasteiger partial charge in [0, 0.05) is 31.5 Å². The summed E-state index contributed by atoms with van der Waals surface area (Å²) >= 11 is 0. The number of aromatic nitrogens is 2. The van der Waals surface area contributed by atoms with Crippen molar-refractivity contribution in [3.8, 4) is 5.69 Å². The Kier molecular flexibility index (Phi) is 5.14. The normalized spacial score (nSPS) is 11.0. The van der Waals surface area contributed by atoms with Crippen LogP contribution in [0.3, 0.4) is 0 Å². The van der Waals surface area contributed by atoms with Crippen LogP contribution in [-0.2, 0) is 4.74 Å². The third-order valence-corrected chi connectivity index (χ3v) is 4.10. The fourth-order valence-electron chi connectivity index (χ4n) is 2.97. The first kappa shape index (κ1) is 17.2.